The molecule has 0 aliphatic heterocycles. The predicted octanol–water partition coefficient (Wildman–Crippen LogP) is 2.27. The average molecular weight is 252 g/mol. The summed E-state index contributed by atoms with van der Waals surface area (Å²) in [5.41, 5.74) is 7.15. The van der Waals surface area contributed by atoms with Crippen LogP contribution in [0.15, 0.2) is 12.4 Å². The highest BCUT2D eigenvalue weighted by Crippen LogP contribution is 2.18. The number of nitrogens with zero attached hydrogens (tertiary/aromatic N) is 3. The van der Waals surface area contributed by atoms with E-state index in [1.807, 2.05) is 10.9 Å². The summed E-state index contributed by atoms with van der Waals surface area (Å²) in [6.45, 7) is 9.38. The molecule has 1 atom stereocenters. The van der Waals surface area contributed by atoms with Crippen molar-refractivity contribution in [1.82, 2.24) is 14.7 Å². The zero-order chi connectivity index (χ0) is 13.5. The Kier molecular flexibility index (Phi) is 6.36. The normalized spacial score (nSPS) is 13.5. The summed E-state index contributed by atoms with van der Waals surface area (Å²) in [7, 11) is 2.15. The van der Waals surface area contributed by atoms with Gasteiger partial charge >= 0.3 is 0 Å². The Bertz CT molecular complexity index is 332. The third-order valence-corrected chi connectivity index (χ3v) is 3.31. The first-order chi connectivity index (χ1) is 8.58. The summed E-state index contributed by atoms with van der Waals surface area (Å²) in [5, 5.41) is 4.39. The van der Waals surface area contributed by atoms with Crippen molar-refractivity contribution in [2.45, 2.75) is 46.2 Å². The molecule has 4 nitrogen and oxygen atoms in total. The second-order valence-electron chi connectivity index (χ2n) is 5.45. The minimum absolute atomic E-state index is 0.286. The largest absolute Gasteiger partial charge is 0.329 e. The molecule has 1 aromatic rings. The molecule has 0 fully saturated rings. The summed E-state index contributed by atoms with van der Waals surface area (Å²) >= 11 is 0. The Balaban J connectivity index is 2.62. The zero-order valence-corrected chi connectivity index (χ0v) is 12.3. The number of aryl methyl sites for hydroxylation is 1. The maximum Gasteiger partial charge on any atom is 0.0538 e. The number of likely N-dealkylation sites (N-methyl/N-ethyl adjacent to an activating group) is 1. The van der Waals surface area contributed by atoms with Gasteiger partial charge in [-0.05, 0) is 32.4 Å². The van der Waals surface area contributed by atoms with Gasteiger partial charge in [-0.2, -0.15) is 5.10 Å². The van der Waals surface area contributed by atoms with Crippen molar-refractivity contribution in [1.29, 1.82) is 0 Å². The van der Waals surface area contributed by atoms with Crippen LogP contribution in [0.1, 0.15) is 45.2 Å². The van der Waals surface area contributed by atoms with Gasteiger partial charge in [0.25, 0.3) is 0 Å². The molecule has 2 N–H and O–H groups in total. The lowest BCUT2D eigenvalue weighted by atomic mass is 10.1. The first-order valence-electron chi connectivity index (χ1n) is 7.01. The van der Waals surface area contributed by atoms with E-state index in [4.69, 9.17) is 5.73 Å². The van der Waals surface area contributed by atoms with E-state index in [9.17, 15) is 0 Å². The number of aromatic nitrogens is 2. The van der Waals surface area contributed by atoms with Crippen molar-refractivity contribution in [3.63, 3.8) is 0 Å². The fraction of sp³-hybridized carbons (Fsp3) is 0.786. The molecule has 0 radical (unpaired) electrons. The molecule has 0 bridgehead atoms. The van der Waals surface area contributed by atoms with Gasteiger partial charge < -0.3 is 5.73 Å². The summed E-state index contributed by atoms with van der Waals surface area (Å²) < 4.78 is 2.01. The molecule has 0 aliphatic rings. The number of hydrogen-bond donors (Lipinski definition) is 1. The topological polar surface area (TPSA) is 47.1 Å². The van der Waals surface area contributed by atoms with Gasteiger partial charge in [-0.25, -0.2) is 0 Å². The Labute approximate surface area is 111 Å². The van der Waals surface area contributed by atoms with Crippen LogP contribution < -0.4 is 5.73 Å². The van der Waals surface area contributed by atoms with Crippen LogP contribution in [0.3, 0.4) is 0 Å². The molecule has 1 rings (SSSR count). The van der Waals surface area contributed by atoms with Crippen molar-refractivity contribution in [2.75, 3.05) is 20.1 Å². The molecule has 0 saturated heterocycles. The van der Waals surface area contributed by atoms with Crippen LogP contribution >= 0.6 is 0 Å². The van der Waals surface area contributed by atoms with Crippen molar-refractivity contribution in [2.24, 2.45) is 11.7 Å². The highest BCUT2D eigenvalue weighted by molar-refractivity contribution is 5.11. The number of rotatable bonds is 8. The highest BCUT2D eigenvalue weighted by atomic mass is 15.3. The van der Waals surface area contributed by atoms with Gasteiger partial charge in [0, 0.05) is 30.9 Å². The van der Waals surface area contributed by atoms with Gasteiger partial charge in [-0.3, -0.25) is 9.58 Å². The summed E-state index contributed by atoms with van der Waals surface area (Å²) in [6, 6.07) is 0.286. The first kappa shape index (κ1) is 15.2. The molecule has 0 aliphatic carbocycles. The van der Waals surface area contributed by atoms with Gasteiger partial charge in [0.1, 0.15) is 0 Å². The maximum atomic E-state index is 5.92. The standard InChI is InChI=1S/C14H28N4/c1-5-7-18-11-13(10-16-18)14(9-15)17(4)8-6-12(2)3/h10-12,14H,5-9,15H2,1-4H3. The minimum Gasteiger partial charge on any atom is -0.329 e. The van der Waals surface area contributed by atoms with Crippen LogP contribution in [0.25, 0.3) is 0 Å². The van der Waals surface area contributed by atoms with Gasteiger partial charge in [0.2, 0.25) is 0 Å². The highest BCUT2D eigenvalue weighted by Gasteiger charge is 2.17. The molecule has 0 saturated carbocycles. The molecule has 18 heavy (non-hydrogen) atoms. The first-order valence-corrected chi connectivity index (χ1v) is 7.01. The number of nitrogens with two attached hydrogens (primary N) is 1. The van der Waals surface area contributed by atoms with Gasteiger partial charge in [0.05, 0.1) is 6.20 Å². The van der Waals surface area contributed by atoms with Crippen molar-refractivity contribution in [3.8, 4) is 0 Å². The van der Waals surface area contributed by atoms with Crippen LogP contribution in [-0.4, -0.2) is 34.8 Å². The summed E-state index contributed by atoms with van der Waals surface area (Å²) in [6.07, 6.45) is 6.40. The van der Waals surface area contributed by atoms with E-state index in [1.165, 1.54) is 12.0 Å². The molecule has 4 heteroatoms. The fourth-order valence-electron chi connectivity index (χ4n) is 2.09. The van der Waals surface area contributed by atoms with E-state index in [0.29, 0.717) is 6.54 Å². The maximum absolute atomic E-state index is 5.92. The van der Waals surface area contributed by atoms with Gasteiger partial charge in [-0.1, -0.05) is 20.8 Å². The lowest BCUT2D eigenvalue weighted by Crippen LogP contribution is -2.31. The molecular weight excluding hydrogens is 224 g/mol. The molecule has 0 amide bonds. The van der Waals surface area contributed by atoms with Crippen LogP contribution in [0.2, 0.25) is 0 Å². The van der Waals surface area contributed by atoms with Crippen LogP contribution in [0, 0.1) is 5.92 Å². The molecule has 104 valence electrons. The molecule has 1 heterocycles. The third kappa shape index (κ3) is 4.42. The van der Waals surface area contributed by atoms with E-state index >= 15 is 0 Å². The number of hydrogen-bond acceptors (Lipinski definition) is 3. The van der Waals surface area contributed by atoms with Crippen LogP contribution in [0.5, 0.6) is 0 Å². The SMILES string of the molecule is CCCn1cc(C(CN)N(C)CCC(C)C)cn1. The fourth-order valence-corrected chi connectivity index (χ4v) is 2.09. The zero-order valence-electron chi connectivity index (χ0n) is 12.3. The lowest BCUT2D eigenvalue weighted by molar-refractivity contribution is 0.236. The van der Waals surface area contributed by atoms with Gasteiger partial charge in [0.15, 0.2) is 0 Å². The van der Waals surface area contributed by atoms with Gasteiger partial charge in [-0.15, -0.1) is 0 Å². The van der Waals surface area contributed by atoms with E-state index in [1.54, 1.807) is 0 Å². The average Bonchev–Trinajstić information content (AvgIpc) is 2.76. The molecular formula is C14H28N4. The summed E-state index contributed by atoms with van der Waals surface area (Å²) in [5.74, 6) is 0.730. The molecule has 1 unspecified atom stereocenters. The van der Waals surface area contributed by atoms with E-state index < -0.39 is 0 Å². The Hall–Kier alpha value is -0.870. The smallest absolute Gasteiger partial charge is 0.0538 e. The predicted molar refractivity (Wildman–Crippen MR) is 76.4 cm³/mol. The van der Waals surface area contributed by atoms with E-state index in [2.05, 4.69) is 44.0 Å². The van der Waals surface area contributed by atoms with Crippen molar-refractivity contribution < 1.29 is 0 Å². The monoisotopic (exact) mass is 252 g/mol. The van der Waals surface area contributed by atoms with Crippen molar-refractivity contribution >= 4 is 0 Å². The van der Waals surface area contributed by atoms with E-state index in [0.717, 1.165) is 25.4 Å². The summed E-state index contributed by atoms with van der Waals surface area (Å²) in [4.78, 5) is 2.34. The second-order valence-corrected chi connectivity index (χ2v) is 5.45. The van der Waals surface area contributed by atoms with Crippen LogP contribution in [-0.2, 0) is 6.54 Å². The third-order valence-electron chi connectivity index (χ3n) is 3.31. The molecule has 1 aromatic heterocycles. The molecule has 0 aromatic carbocycles. The minimum atomic E-state index is 0.286. The lowest BCUT2D eigenvalue weighted by Gasteiger charge is -2.26. The quantitative estimate of drug-likeness (QED) is 0.772. The Morgan fingerprint density at radius 2 is 2.17 bits per heavy atom. The Morgan fingerprint density at radius 3 is 2.72 bits per heavy atom. The molecule has 0 spiro atoms. The second kappa shape index (κ2) is 7.54. The van der Waals surface area contributed by atoms with Crippen molar-refractivity contribution in [3.05, 3.63) is 18.0 Å². The Morgan fingerprint density at radius 1 is 1.44 bits per heavy atom. The van der Waals surface area contributed by atoms with Crippen LogP contribution in [0.4, 0.5) is 0 Å². The van der Waals surface area contributed by atoms with E-state index in [-0.39, 0.29) is 6.04 Å².